The molecule has 0 aliphatic rings. The molecule has 0 rings (SSSR count). The summed E-state index contributed by atoms with van der Waals surface area (Å²) in [5, 5.41) is 13.4. The van der Waals surface area contributed by atoms with Crippen molar-refractivity contribution in [3.05, 3.63) is 0 Å². The van der Waals surface area contributed by atoms with Crippen molar-refractivity contribution < 1.29 is 23.1 Å². The summed E-state index contributed by atoms with van der Waals surface area (Å²) in [5.74, 6) is -1.63. The Labute approximate surface area is 101 Å². The highest BCUT2D eigenvalue weighted by atomic mass is 32.2. The molecule has 7 nitrogen and oxygen atoms in total. The summed E-state index contributed by atoms with van der Waals surface area (Å²) in [6.07, 6.45) is 1.46. The molecule has 0 heterocycles. The first-order chi connectivity index (χ1) is 7.72. The fraction of sp³-hybridized carbons (Fsp3) is 0.778. The Bertz CT molecular complexity index is 366. The van der Waals surface area contributed by atoms with Gasteiger partial charge in [0.25, 0.3) is 0 Å². The fourth-order valence-electron chi connectivity index (χ4n) is 0.932. The summed E-state index contributed by atoms with van der Waals surface area (Å²) in [7, 11) is -3.01. The van der Waals surface area contributed by atoms with Crippen LogP contribution >= 0.6 is 0 Å². The maximum absolute atomic E-state index is 11.1. The number of carboxylic acid groups (broad SMARTS) is 1. The van der Waals surface area contributed by atoms with Gasteiger partial charge in [-0.15, -0.1) is 0 Å². The molecule has 1 unspecified atom stereocenters. The molecular weight excluding hydrogens is 248 g/mol. The molecule has 0 saturated carbocycles. The Hall–Kier alpha value is -1.31. The highest BCUT2D eigenvalue weighted by molar-refractivity contribution is 7.90. The van der Waals surface area contributed by atoms with Crippen molar-refractivity contribution in [1.82, 2.24) is 10.6 Å². The van der Waals surface area contributed by atoms with Crippen LogP contribution in [0.5, 0.6) is 0 Å². The predicted molar refractivity (Wildman–Crippen MR) is 62.5 cm³/mol. The summed E-state index contributed by atoms with van der Waals surface area (Å²) in [4.78, 5) is 21.6. The molecule has 0 spiro atoms. The van der Waals surface area contributed by atoms with Gasteiger partial charge in [0.2, 0.25) is 0 Å². The summed E-state index contributed by atoms with van der Waals surface area (Å²) >= 11 is 0. The second-order valence-corrected chi connectivity index (χ2v) is 6.12. The zero-order valence-electron chi connectivity index (χ0n) is 9.89. The van der Waals surface area contributed by atoms with Crippen LogP contribution in [0.25, 0.3) is 0 Å². The van der Waals surface area contributed by atoms with Crippen LogP contribution in [-0.2, 0) is 14.6 Å². The second-order valence-electron chi connectivity index (χ2n) is 3.86. The molecule has 17 heavy (non-hydrogen) atoms. The van der Waals surface area contributed by atoms with Crippen LogP contribution in [0.1, 0.15) is 13.3 Å². The van der Waals surface area contributed by atoms with Gasteiger partial charge in [-0.1, -0.05) is 6.92 Å². The summed E-state index contributed by atoms with van der Waals surface area (Å²) in [6.45, 7) is 1.75. The number of carbonyl (C=O) groups is 2. The monoisotopic (exact) mass is 266 g/mol. The molecule has 1 atom stereocenters. The SMILES string of the molecule is CC(CNC(=O)NCCCS(C)(=O)=O)C(=O)O. The molecule has 8 heteroatoms. The van der Waals surface area contributed by atoms with Gasteiger partial charge in [0, 0.05) is 19.3 Å². The molecule has 2 amide bonds. The van der Waals surface area contributed by atoms with Gasteiger partial charge in [-0.25, -0.2) is 13.2 Å². The van der Waals surface area contributed by atoms with Gasteiger partial charge < -0.3 is 15.7 Å². The fourth-order valence-corrected chi connectivity index (χ4v) is 1.60. The maximum Gasteiger partial charge on any atom is 0.314 e. The van der Waals surface area contributed by atoms with E-state index in [1.54, 1.807) is 0 Å². The molecule has 100 valence electrons. The third kappa shape index (κ3) is 9.61. The molecular formula is C9H18N2O5S. The standard InChI is InChI=1S/C9H18N2O5S/c1-7(8(12)13)6-11-9(14)10-4-3-5-17(2,15)16/h7H,3-6H2,1-2H3,(H,12,13)(H2,10,11,14). The third-order valence-electron chi connectivity index (χ3n) is 1.97. The van der Waals surface area contributed by atoms with Gasteiger partial charge in [-0.3, -0.25) is 4.79 Å². The van der Waals surface area contributed by atoms with Gasteiger partial charge in [-0.05, 0) is 6.42 Å². The minimum atomic E-state index is -3.01. The summed E-state index contributed by atoms with van der Waals surface area (Å²) in [5.41, 5.74) is 0. The Balaban J connectivity index is 3.64. The molecule has 0 aliphatic heterocycles. The van der Waals surface area contributed by atoms with Crippen molar-refractivity contribution in [2.75, 3.05) is 25.1 Å². The van der Waals surface area contributed by atoms with Gasteiger partial charge in [0.15, 0.2) is 0 Å². The van der Waals surface area contributed by atoms with Gasteiger partial charge in [-0.2, -0.15) is 0 Å². The maximum atomic E-state index is 11.1. The number of rotatable bonds is 7. The molecule has 0 saturated heterocycles. The number of carboxylic acids is 1. The Morgan fingerprint density at radius 3 is 2.35 bits per heavy atom. The van der Waals surface area contributed by atoms with Crippen molar-refractivity contribution >= 4 is 21.8 Å². The van der Waals surface area contributed by atoms with E-state index in [1.165, 1.54) is 6.92 Å². The second kappa shape index (κ2) is 7.10. The number of carbonyl (C=O) groups excluding carboxylic acids is 1. The van der Waals surface area contributed by atoms with Crippen LogP contribution in [0.15, 0.2) is 0 Å². The van der Waals surface area contributed by atoms with Gasteiger partial charge >= 0.3 is 12.0 Å². The largest absolute Gasteiger partial charge is 0.481 e. The van der Waals surface area contributed by atoms with Crippen LogP contribution in [0.3, 0.4) is 0 Å². The number of aliphatic carboxylic acids is 1. The number of sulfone groups is 1. The van der Waals surface area contributed by atoms with E-state index in [1.807, 2.05) is 0 Å². The van der Waals surface area contributed by atoms with Crippen molar-refractivity contribution in [1.29, 1.82) is 0 Å². The van der Waals surface area contributed by atoms with Crippen molar-refractivity contribution in [3.8, 4) is 0 Å². The number of amides is 2. The lowest BCUT2D eigenvalue weighted by molar-refractivity contribution is -0.140. The average molecular weight is 266 g/mol. The first-order valence-corrected chi connectivity index (χ1v) is 7.20. The lowest BCUT2D eigenvalue weighted by atomic mass is 10.2. The van der Waals surface area contributed by atoms with E-state index in [-0.39, 0.29) is 18.8 Å². The average Bonchev–Trinajstić information content (AvgIpc) is 2.19. The zero-order chi connectivity index (χ0) is 13.5. The molecule has 0 fully saturated rings. The number of hydrogen-bond donors (Lipinski definition) is 3. The van der Waals surface area contributed by atoms with E-state index in [4.69, 9.17) is 5.11 Å². The van der Waals surface area contributed by atoms with E-state index >= 15 is 0 Å². The predicted octanol–water partition coefficient (Wildman–Crippen LogP) is -0.559. The zero-order valence-corrected chi connectivity index (χ0v) is 10.7. The topological polar surface area (TPSA) is 113 Å². The molecule has 3 N–H and O–H groups in total. The van der Waals surface area contributed by atoms with Gasteiger partial charge in [0.05, 0.1) is 11.7 Å². The number of hydrogen-bond acceptors (Lipinski definition) is 4. The van der Waals surface area contributed by atoms with Crippen molar-refractivity contribution in [2.45, 2.75) is 13.3 Å². The Morgan fingerprint density at radius 1 is 1.29 bits per heavy atom. The molecule has 0 bridgehead atoms. The molecule has 0 aromatic heterocycles. The van der Waals surface area contributed by atoms with E-state index < -0.39 is 27.8 Å². The lowest BCUT2D eigenvalue weighted by Gasteiger charge is -2.09. The van der Waals surface area contributed by atoms with Crippen molar-refractivity contribution in [3.63, 3.8) is 0 Å². The normalized spacial score (nSPS) is 12.8. The highest BCUT2D eigenvalue weighted by Gasteiger charge is 2.11. The van der Waals surface area contributed by atoms with E-state index in [9.17, 15) is 18.0 Å². The smallest absolute Gasteiger partial charge is 0.314 e. The number of urea groups is 1. The van der Waals surface area contributed by atoms with E-state index in [0.717, 1.165) is 6.26 Å². The third-order valence-corrected chi connectivity index (χ3v) is 3.00. The van der Waals surface area contributed by atoms with Crippen LogP contribution in [0.2, 0.25) is 0 Å². The summed E-state index contributed by atoms with van der Waals surface area (Å²) in [6, 6.07) is -0.494. The van der Waals surface area contributed by atoms with Crippen molar-refractivity contribution in [2.24, 2.45) is 5.92 Å². The highest BCUT2D eigenvalue weighted by Crippen LogP contribution is 1.91. The first kappa shape index (κ1) is 15.7. The van der Waals surface area contributed by atoms with Crippen LogP contribution in [0, 0.1) is 5.92 Å². The van der Waals surface area contributed by atoms with Gasteiger partial charge in [0.1, 0.15) is 9.84 Å². The van der Waals surface area contributed by atoms with Crippen LogP contribution < -0.4 is 10.6 Å². The Kier molecular flexibility index (Phi) is 6.55. The first-order valence-electron chi connectivity index (χ1n) is 5.14. The van der Waals surface area contributed by atoms with E-state index in [2.05, 4.69) is 10.6 Å². The van der Waals surface area contributed by atoms with Crippen LogP contribution in [-0.4, -0.2) is 50.6 Å². The lowest BCUT2D eigenvalue weighted by Crippen LogP contribution is -2.39. The summed E-state index contributed by atoms with van der Waals surface area (Å²) < 4.78 is 21.5. The Morgan fingerprint density at radius 2 is 1.88 bits per heavy atom. The molecule has 0 radical (unpaired) electrons. The van der Waals surface area contributed by atoms with E-state index in [0.29, 0.717) is 6.42 Å². The molecule has 0 aromatic rings. The molecule has 0 aliphatic carbocycles. The van der Waals surface area contributed by atoms with Crippen LogP contribution in [0.4, 0.5) is 4.79 Å². The number of nitrogens with one attached hydrogen (secondary N) is 2. The minimum absolute atomic E-state index is 0.0127. The molecule has 0 aromatic carbocycles. The minimum Gasteiger partial charge on any atom is -0.481 e. The quantitative estimate of drug-likeness (QED) is 0.535.